The highest BCUT2D eigenvalue weighted by molar-refractivity contribution is 6.32. The van der Waals surface area contributed by atoms with Gasteiger partial charge in [0.25, 0.3) is 5.91 Å². The Balaban J connectivity index is 1.55. The minimum atomic E-state index is -0.441. The van der Waals surface area contributed by atoms with Crippen LogP contribution in [0.1, 0.15) is 30.0 Å². The average Bonchev–Trinajstić information content (AvgIpc) is 3.23. The van der Waals surface area contributed by atoms with E-state index in [-0.39, 0.29) is 18.1 Å². The van der Waals surface area contributed by atoms with Gasteiger partial charge in [0, 0.05) is 10.9 Å². The van der Waals surface area contributed by atoms with Gasteiger partial charge in [-0.25, -0.2) is 0 Å². The molecule has 0 saturated carbocycles. The monoisotopic (exact) mass is 493 g/mol. The minimum absolute atomic E-state index is 0.000781. The van der Waals surface area contributed by atoms with E-state index in [2.05, 4.69) is 5.32 Å². The number of ether oxygens (including phenoxy) is 3. The van der Waals surface area contributed by atoms with E-state index in [4.69, 9.17) is 30.2 Å². The molecule has 1 amide bonds. The van der Waals surface area contributed by atoms with Crippen LogP contribution in [0.25, 0.3) is 11.0 Å². The quantitative estimate of drug-likeness (QED) is 0.267. The molecule has 7 nitrogen and oxygen atoms in total. The van der Waals surface area contributed by atoms with Crippen molar-refractivity contribution in [1.82, 2.24) is 0 Å². The molecule has 35 heavy (non-hydrogen) atoms. The first-order chi connectivity index (χ1) is 17.0. The van der Waals surface area contributed by atoms with Crippen molar-refractivity contribution in [2.45, 2.75) is 13.8 Å². The van der Waals surface area contributed by atoms with E-state index in [1.807, 2.05) is 13.8 Å². The summed E-state index contributed by atoms with van der Waals surface area (Å²) in [7, 11) is 0. The molecule has 180 valence electrons. The third-order valence-electron chi connectivity index (χ3n) is 5.06. The van der Waals surface area contributed by atoms with Crippen molar-refractivity contribution < 1.29 is 28.2 Å². The summed E-state index contributed by atoms with van der Waals surface area (Å²) in [6, 6.07) is 18.8. The molecule has 1 aromatic heterocycles. The van der Waals surface area contributed by atoms with Crippen LogP contribution in [-0.2, 0) is 4.79 Å². The van der Waals surface area contributed by atoms with Crippen molar-refractivity contribution in [1.29, 1.82) is 0 Å². The number of rotatable bonds is 10. The van der Waals surface area contributed by atoms with Crippen molar-refractivity contribution in [3.8, 4) is 17.2 Å². The summed E-state index contributed by atoms with van der Waals surface area (Å²) in [6.45, 7) is 4.50. The van der Waals surface area contributed by atoms with Gasteiger partial charge in [0.05, 0.1) is 23.9 Å². The molecule has 0 saturated heterocycles. The van der Waals surface area contributed by atoms with Crippen molar-refractivity contribution in [3.63, 3.8) is 0 Å². The lowest BCUT2D eigenvalue weighted by Crippen LogP contribution is -2.21. The molecule has 1 heterocycles. The van der Waals surface area contributed by atoms with E-state index in [0.29, 0.717) is 52.0 Å². The number of carbonyl (C=O) groups is 2. The second kappa shape index (κ2) is 11.0. The van der Waals surface area contributed by atoms with E-state index in [1.165, 1.54) is 6.07 Å². The SMILES string of the molecule is CCOc1ccc(OCC(=O)Nc2c(C(=O)c3ccc(OCC)c(Cl)c3)oc3ccccc23)cc1. The number of furan rings is 1. The fourth-order valence-corrected chi connectivity index (χ4v) is 3.73. The first-order valence-electron chi connectivity index (χ1n) is 11.1. The molecule has 1 N–H and O–H groups in total. The van der Waals surface area contributed by atoms with Gasteiger partial charge in [-0.2, -0.15) is 0 Å². The zero-order valence-electron chi connectivity index (χ0n) is 19.3. The summed E-state index contributed by atoms with van der Waals surface area (Å²) in [5.74, 6) is 0.849. The molecular weight excluding hydrogens is 470 g/mol. The standard InChI is InChI=1S/C27H24ClNO6/c1-3-32-18-10-12-19(13-11-18)34-16-24(30)29-25-20-7-5-6-8-22(20)35-27(25)26(31)17-9-14-23(33-4-2)21(28)15-17/h5-15H,3-4,16H2,1-2H3,(H,29,30). The van der Waals surface area contributed by atoms with Gasteiger partial charge >= 0.3 is 0 Å². The summed E-state index contributed by atoms with van der Waals surface area (Å²) >= 11 is 6.27. The predicted molar refractivity (Wildman–Crippen MR) is 134 cm³/mol. The van der Waals surface area contributed by atoms with Crippen LogP contribution in [0, 0.1) is 0 Å². The Morgan fingerprint density at radius 3 is 2.26 bits per heavy atom. The van der Waals surface area contributed by atoms with Gasteiger partial charge in [0.2, 0.25) is 5.78 Å². The van der Waals surface area contributed by atoms with Gasteiger partial charge in [-0.1, -0.05) is 23.7 Å². The molecule has 8 heteroatoms. The predicted octanol–water partition coefficient (Wildman–Crippen LogP) is 6.13. The lowest BCUT2D eigenvalue weighted by atomic mass is 10.1. The Morgan fingerprint density at radius 1 is 0.886 bits per heavy atom. The topological polar surface area (TPSA) is 87.0 Å². The third kappa shape index (κ3) is 5.58. The fraction of sp³-hybridized carbons (Fsp3) is 0.185. The maximum Gasteiger partial charge on any atom is 0.262 e. The van der Waals surface area contributed by atoms with Crippen molar-refractivity contribution >= 4 is 39.9 Å². The molecule has 0 atom stereocenters. The molecule has 4 rings (SSSR count). The lowest BCUT2D eigenvalue weighted by Gasteiger charge is -2.10. The number of amides is 1. The van der Waals surface area contributed by atoms with Crippen LogP contribution in [0.4, 0.5) is 5.69 Å². The molecule has 0 bridgehead atoms. The molecular formula is C27H24ClNO6. The highest BCUT2D eigenvalue weighted by Gasteiger charge is 2.24. The number of anilines is 1. The average molecular weight is 494 g/mol. The molecule has 0 aliphatic carbocycles. The first-order valence-corrected chi connectivity index (χ1v) is 11.5. The Hall–Kier alpha value is -3.97. The molecule has 0 fully saturated rings. The van der Waals surface area contributed by atoms with Crippen molar-refractivity contribution in [2.24, 2.45) is 0 Å². The Labute approximate surface area is 207 Å². The van der Waals surface area contributed by atoms with E-state index in [0.717, 1.165) is 0 Å². The number of ketones is 1. The van der Waals surface area contributed by atoms with Gasteiger partial charge in [-0.15, -0.1) is 0 Å². The summed E-state index contributed by atoms with van der Waals surface area (Å²) in [6.07, 6.45) is 0. The Kier molecular flexibility index (Phi) is 7.57. The van der Waals surface area contributed by atoms with Crippen LogP contribution >= 0.6 is 11.6 Å². The molecule has 0 spiro atoms. The summed E-state index contributed by atoms with van der Waals surface area (Å²) in [5, 5.41) is 3.68. The van der Waals surface area contributed by atoms with Gasteiger partial charge in [-0.3, -0.25) is 9.59 Å². The number of carbonyl (C=O) groups excluding carboxylic acids is 2. The molecule has 0 unspecified atom stereocenters. The van der Waals surface area contributed by atoms with E-state index in [1.54, 1.807) is 60.7 Å². The summed E-state index contributed by atoms with van der Waals surface area (Å²) in [5.41, 5.74) is 1.05. The number of fused-ring (bicyclic) bond motifs is 1. The highest BCUT2D eigenvalue weighted by atomic mass is 35.5. The Morgan fingerprint density at radius 2 is 1.57 bits per heavy atom. The maximum absolute atomic E-state index is 13.3. The fourth-order valence-electron chi connectivity index (χ4n) is 3.50. The van der Waals surface area contributed by atoms with Crippen LogP contribution in [0.3, 0.4) is 0 Å². The molecule has 0 aliphatic heterocycles. The maximum atomic E-state index is 13.3. The van der Waals surface area contributed by atoms with Crippen molar-refractivity contribution in [2.75, 3.05) is 25.1 Å². The number of hydrogen-bond acceptors (Lipinski definition) is 6. The van der Waals surface area contributed by atoms with E-state index < -0.39 is 11.7 Å². The minimum Gasteiger partial charge on any atom is -0.494 e. The van der Waals surface area contributed by atoms with Crippen LogP contribution in [0.2, 0.25) is 5.02 Å². The van der Waals surface area contributed by atoms with E-state index >= 15 is 0 Å². The van der Waals surface area contributed by atoms with Gasteiger partial charge in [-0.05, 0) is 68.4 Å². The second-order valence-electron chi connectivity index (χ2n) is 7.45. The summed E-state index contributed by atoms with van der Waals surface area (Å²) < 4.78 is 22.3. The number of benzene rings is 3. The largest absolute Gasteiger partial charge is 0.494 e. The molecule has 3 aromatic carbocycles. The molecule has 0 radical (unpaired) electrons. The second-order valence-corrected chi connectivity index (χ2v) is 7.86. The number of para-hydroxylation sites is 1. The van der Waals surface area contributed by atoms with Gasteiger partial charge in [0.15, 0.2) is 12.4 Å². The lowest BCUT2D eigenvalue weighted by molar-refractivity contribution is -0.118. The summed E-state index contributed by atoms with van der Waals surface area (Å²) in [4.78, 5) is 26.0. The van der Waals surface area contributed by atoms with Gasteiger partial charge < -0.3 is 23.9 Å². The molecule has 0 aliphatic rings. The highest BCUT2D eigenvalue weighted by Crippen LogP contribution is 2.34. The Bertz CT molecular complexity index is 1350. The van der Waals surface area contributed by atoms with Crippen LogP contribution in [0.15, 0.2) is 71.1 Å². The third-order valence-corrected chi connectivity index (χ3v) is 5.36. The number of halogens is 1. The normalized spacial score (nSPS) is 10.7. The first kappa shape index (κ1) is 24.2. The molecule has 4 aromatic rings. The van der Waals surface area contributed by atoms with Crippen LogP contribution in [-0.4, -0.2) is 31.5 Å². The van der Waals surface area contributed by atoms with Crippen LogP contribution in [0.5, 0.6) is 17.2 Å². The zero-order chi connectivity index (χ0) is 24.8. The number of hydrogen-bond donors (Lipinski definition) is 1. The van der Waals surface area contributed by atoms with Gasteiger partial charge in [0.1, 0.15) is 22.8 Å². The zero-order valence-corrected chi connectivity index (χ0v) is 20.1. The van der Waals surface area contributed by atoms with Crippen LogP contribution < -0.4 is 19.5 Å². The number of nitrogens with one attached hydrogen (secondary N) is 1. The smallest absolute Gasteiger partial charge is 0.262 e. The van der Waals surface area contributed by atoms with E-state index in [9.17, 15) is 9.59 Å². The van der Waals surface area contributed by atoms with Crippen molar-refractivity contribution in [3.05, 3.63) is 83.1 Å².